The van der Waals surface area contributed by atoms with Crippen LogP contribution < -0.4 is 4.90 Å². The number of halogens is 1. The van der Waals surface area contributed by atoms with Crippen LogP contribution in [-0.2, 0) is 4.74 Å². The first-order chi connectivity index (χ1) is 8.22. The zero-order valence-electron chi connectivity index (χ0n) is 9.30. The van der Waals surface area contributed by atoms with E-state index in [4.69, 9.17) is 9.84 Å². The van der Waals surface area contributed by atoms with Crippen LogP contribution in [0.3, 0.4) is 0 Å². The first-order valence-corrected chi connectivity index (χ1v) is 5.55. The molecule has 17 heavy (non-hydrogen) atoms. The van der Waals surface area contributed by atoms with E-state index in [1.807, 2.05) is 0 Å². The molecule has 1 fully saturated rings. The number of benzene rings is 1. The summed E-state index contributed by atoms with van der Waals surface area (Å²) in [7, 11) is 0. The van der Waals surface area contributed by atoms with Crippen molar-refractivity contribution in [1.29, 1.82) is 0 Å². The molecule has 0 spiro atoms. The molecule has 92 valence electrons. The van der Waals surface area contributed by atoms with E-state index in [9.17, 15) is 9.18 Å². The zero-order valence-corrected chi connectivity index (χ0v) is 9.30. The van der Waals surface area contributed by atoms with Crippen LogP contribution >= 0.6 is 0 Å². The number of carbonyl (C=O) groups is 1. The third-order valence-electron chi connectivity index (χ3n) is 2.79. The Morgan fingerprint density at radius 2 is 2.35 bits per heavy atom. The molecule has 1 heterocycles. The Morgan fingerprint density at radius 3 is 3.06 bits per heavy atom. The maximum Gasteiger partial charge on any atom is 0.414 e. The largest absolute Gasteiger partial charge is 0.449 e. The lowest BCUT2D eigenvalue weighted by Crippen LogP contribution is -2.46. The molecule has 1 saturated heterocycles. The number of hydrogen-bond donors (Lipinski definition) is 1. The molecule has 0 aliphatic carbocycles. The highest BCUT2D eigenvalue weighted by Crippen LogP contribution is 2.25. The normalized spacial score (nSPS) is 20.2. The molecule has 1 aromatic rings. The van der Waals surface area contributed by atoms with Crippen LogP contribution in [0.5, 0.6) is 0 Å². The van der Waals surface area contributed by atoms with E-state index >= 15 is 0 Å². The standard InChI is InChI=1S/C12H14FNO3/c13-9-2-1-3-11(8-9)14-10(4-6-15)5-7-17-12(14)16/h1-3,8,10,15H,4-7H2. The topological polar surface area (TPSA) is 49.8 Å². The second kappa shape index (κ2) is 5.14. The molecule has 1 N–H and O–H groups in total. The van der Waals surface area contributed by atoms with E-state index in [1.54, 1.807) is 12.1 Å². The van der Waals surface area contributed by atoms with E-state index in [2.05, 4.69) is 0 Å². The maximum atomic E-state index is 13.1. The van der Waals surface area contributed by atoms with Gasteiger partial charge < -0.3 is 9.84 Å². The number of cyclic esters (lactones) is 1. The van der Waals surface area contributed by atoms with Crippen LogP contribution in [0.1, 0.15) is 12.8 Å². The minimum Gasteiger partial charge on any atom is -0.449 e. The van der Waals surface area contributed by atoms with Crippen molar-refractivity contribution in [3.63, 3.8) is 0 Å². The molecule has 5 heteroatoms. The summed E-state index contributed by atoms with van der Waals surface area (Å²) in [5, 5.41) is 8.97. The number of aliphatic hydroxyl groups excluding tert-OH is 1. The van der Waals surface area contributed by atoms with Crippen LogP contribution in [0.4, 0.5) is 14.9 Å². The highest BCUT2D eigenvalue weighted by molar-refractivity contribution is 5.88. The summed E-state index contributed by atoms with van der Waals surface area (Å²) < 4.78 is 18.1. The summed E-state index contributed by atoms with van der Waals surface area (Å²) in [5.74, 6) is -0.399. The number of carbonyl (C=O) groups excluding carboxylic acids is 1. The summed E-state index contributed by atoms with van der Waals surface area (Å²) in [5.41, 5.74) is 0.466. The Kier molecular flexibility index (Phi) is 3.58. The second-order valence-electron chi connectivity index (χ2n) is 3.92. The van der Waals surface area contributed by atoms with Gasteiger partial charge in [0.2, 0.25) is 0 Å². The monoisotopic (exact) mass is 239 g/mol. The van der Waals surface area contributed by atoms with E-state index in [1.165, 1.54) is 17.0 Å². The summed E-state index contributed by atoms with van der Waals surface area (Å²) in [4.78, 5) is 13.1. The quantitative estimate of drug-likeness (QED) is 0.876. The van der Waals surface area contributed by atoms with Crippen molar-refractivity contribution in [2.45, 2.75) is 18.9 Å². The summed E-state index contributed by atoms with van der Waals surface area (Å²) >= 11 is 0. The number of ether oxygens (including phenoxy) is 1. The fourth-order valence-electron chi connectivity index (χ4n) is 1.99. The van der Waals surface area contributed by atoms with E-state index in [0.29, 0.717) is 25.1 Å². The number of anilines is 1. The maximum absolute atomic E-state index is 13.1. The van der Waals surface area contributed by atoms with Gasteiger partial charge in [-0.1, -0.05) is 6.07 Å². The van der Waals surface area contributed by atoms with Gasteiger partial charge in [-0.25, -0.2) is 9.18 Å². The van der Waals surface area contributed by atoms with Crippen LogP contribution in [0.15, 0.2) is 24.3 Å². The molecule has 4 nitrogen and oxygen atoms in total. The molecular formula is C12H14FNO3. The molecule has 1 atom stereocenters. The molecule has 0 radical (unpaired) electrons. The average Bonchev–Trinajstić information content (AvgIpc) is 2.29. The minimum absolute atomic E-state index is 0.0102. The minimum atomic E-state index is -0.486. The Morgan fingerprint density at radius 1 is 1.53 bits per heavy atom. The summed E-state index contributed by atoms with van der Waals surface area (Å²) in [6.45, 7) is 0.332. The van der Waals surface area contributed by atoms with Crippen molar-refractivity contribution in [1.82, 2.24) is 0 Å². The lowest BCUT2D eigenvalue weighted by atomic mass is 10.1. The Hall–Kier alpha value is -1.62. The summed E-state index contributed by atoms with van der Waals surface area (Å²) in [6.07, 6.45) is 0.620. The first-order valence-electron chi connectivity index (χ1n) is 5.55. The molecule has 0 aromatic heterocycles. The Bertz CT molecular complexity index is 408. The third-order valence-corrected chi connectivity index (χ3v) is 2.79. The van der Waals surface area contributed by atoms with Gasteiger partial charge in [-0.15, -0.1) is 0 Å². The number of hydrogen-bond acceptors (Lipinski definition) is 3. The lowest BCUT2D eigenvalue weighted by molar-refractivity contribution is 0.124. The van der Waals surface area contributed by atoms with Crippen molar-refractivity contribution in [3.05, 3.63) is 30.1 Å². The van der Waals surface area contributed by atoms with Crippen molar-refractivity contribution in [3.8, 4) is 0 Å². The van der Waals surface area contributed by atoms with E-state index in [0.717, 1.165) is 0 Å². The molecule has 1 aromatic carbocycles. The van der Waals surface area contributed by atoms with Gasteiger partial charge in [-0.3, -0.25) is 4.90 Å². The Balaban J connectivity index is 2.27. The fourth-order valence-corrected chi connectivity index (χ4v) is 1.99. The van der Waals surface area contributed by atoms with Crippen molar-refractivity contribution in [2.24, 2.45) is 0 Å². The van der Waals surface area contributed by atoms with Gasteiger partial charge in [-0.2, -0.15) is 0 Å². The molecule has 0 bridgehead atoms. The van der Waals surface area contributed by atoms with Gasteiger partial charge in [0, 0.05) is 19.1 Å². The lowest BCUT2D eigenvalue weighted by Gasteiger charge is -2.34. The van der Waals surface area contributed by atoms with E-state index in [-0.39, 0.29) is 12.6 Å². The number of aliphatic hydroxyl groups is 1. The number of amides is 1. The molecule has 2 rings (SSSR count). The smallest absolute Gasteiger partial charge is 0.414 e. The van der Waals surface area contributed by atoms with Gasteiger partial charge in [0.05, 0.1) is 12.3 Å². The molecule has 0 saturated carbocycles. The second-order valence-corrected chi connectivity index (χ2v) is 3.92. The molecule has 1 aliphatic rings. The van der Waals surface area contributed by atoms with Crippen molar-refractivity contribution < 1.29 is 19.0 Å². The third kappa shape index (κ3) is 2.55. The molecule has 1 aliphatic heterocycles. The molecule has 1 amide bonds. The van der Waals surface area contributed by atoms with E-state index < -0.39 is 11.9 Å². The molecular weight excluding hydrogens is 225 g/mol. The number of nitrogens with zero attached hydrogens (tertiary/aromatic N) is 1. The fraction of sp³-hybridized carbons (Fsp3) is 0.417. The first kappa shape index (κ1) is 11.9. The SMILES string of the molecule is O=C1OCCC(CCO)N1c1cccc(F)c1. The van der Waals surface area contributed by atoms with Gasteiger partial charge in [0.15, 0.2) is 0 Å². The molecule has 1 unspecified atom stereocenters. The van der Waals surface area contributed by atoms with Crippen molar-refractivity contribution in [2.75, 3.05) is 18.1 Å². The van der Waals surface area contributed by atoms with Crippen LogP contribution in [0.2, 0.25) is 0 Å². The Labute approximate surface area is 98.6 Å². The van der Waals surface area contributed by atoms with Crippen molar-refractivity contribution >= 4 is 11.8 Å². The van der Waals surface area contributed by atoms with Gasteiger partial charge >= 0.3 is 6.09 Å². The van der Waals surface area contributed by atoms with Gasteiger partial charge in [0.25, 0.3) is 0 Å². The summed E-state index contributed by atoms with van der Waals surface area (Å²) in [6, 6.07) is 5.67. The average molecular weight is 239 g/mol. The number of rotatable bonds is 3. The van der Waals surface area contributed by atoms with Crippen LogP contribution in [-0.4, -0.2) is 30.5 Å². The predicted octanol–water partition coefficient (Wildman–Crippen LogP) is 1.92. The predicted molar refractivity (Wildman–Crippen MR) is 60.3 cm³/mol. The van der Waals surface area contributed by atoms with Gasteiger partial charge in [-0.05, 0) is 24.6 Å². The highest BCUT2D eigenvalue weighted by atomic mass is 19.1. The van der Waals surface area contributed by atoms with Crippen LogP contribution in [0.25, 0.3) is 0 Å². The van der Waals surface area contributed by atoms with Crippen LogP contribution in [0, 0.1) is 5.82 Å². The highest BCUT2D eigenvalue weighted by Gasteiger charge is 2.30. The van der Waals surface area contributed by atoms with Gasteiger partial charge in [0.1, 0.15) is 5.82 Å². The zero-order chi connectivity index (χ0) is 12.3.